The van der Waals surface area contributed by atoms with E-state index in [0.717, 1.165) is 29.8 Å². The van der Waals surface area contributed by atoms with E-state index in [-0.39, 0.29) is 18.1 Å². The van der Waals surface area contributed by atoms with Gasteiger partial charge in [0, 0.05) is 37.1 Å². The van der Waals surface area contributed by atoms with Crippen molar-refractivity contribution in [1.82, 2.24) is 0 Å². The molecule has 1 N–H and O–H groups in total. The number of ketones is 1. The summed E-state index contributed by atoms with van der Waals surface area (Å²) >= 11 is 0. The summed E-state index contributed by atoms with van der Waals surface area (Å²) < 4.78 is 16.6. The second kappa shape index (κ2) is 8.89. The molecule has 0 bridgehead atoms. The monoisotopic (exact) mass is 498 g/mol. The lowest BCUT2D eigenvalue weighted by molar-refractivity contribution is -0.132. The second-order valence-corrected chi connectivity index (χ2v) is 9.47. The van der Waals surface area contributed by atoms with Crippen molar-refractivity contribution < 1.29 is 28.9 Å². The van der Waals surface area contributed by atoms with Gasteiger partial charge in [-0.25, -0.2) is 0 Å². The molecule has 3 aliphatic heterocycles. The molecule has 3 aliphatic rings. The Morgan fingerprint density at radius 1 is 0.919 bits per heavy atom. The molecule has 6 rings (SSSR count). The van der Waals surface area contributed by atoms with Crippen LogP contribution >= 0.6 is 0 Å². The number of hydrogen-bond donors (Lipinski definition) is 1. The Morgan fingerprint density at radius 2 is 1.68 bits per heavy atom. The van der Waals surface area contributed by atoms with Crippen molar-refractivity contribution in [2.75, 3.05) is 37.3 Å². The zero-order chi connectivity index (χ0) is 25.7. The predicted octanol–water partition coefficient (Wildman–Crippen LogP) is 4.43. The number of hydrogen-bond acceptors (Lipinski definition) is 7. The third kappa shape index (κ3) is 3.85. The number of carbonyl (C=O) groups excluding carboxylic acids is 2. The molecule has 0 aliphatic carbocycles. The molecule has 8 nitrogen and oxygen atoms in total. The highest BCUT2D eigenvalue weighted by Gasteiger charge is 2.47. The Morgan fingerprint density at radius 3 is 2.46 bits per heavy atom. The van der Waals surface area contributed by atoms with E-state index in [1.165, 1.54) is 4.90 Å². The van der Waals surface area contributed by atoms with E-state index in [9.17, 15) is 14.7 Å². The van der Waals surface area contributed by atoms with Gasteiger partial charge in [-0.3, -0.25) is 14.5 Å². The zero-order valence-electron chi connectivity index (χ0n) is 20.6. The molecule has 1 saturated heterocycles. The van der Waals surface area contributed by atoms with Crippen molar-refractivity contribution in [3.05, 3.63) is 82.9 Å². The number of aryl methyl sites for hydroxylation is 1. The topological polar surface area (TPSA) is 88.5 Å². The SMILES string of the molecule is CN(C)c1ccc(C2/C(=C(/O)c3ccc4c(c3)CCCO4)C(=O)C(=O)N2c2ccc3c(c2)OCO3)cc1. The normalized spacial score (nSPS) is 19.5. The maximum Gasteiger partial charge on any atom is 0.300 e. The lowest BCUT2D eigenvalue weighted by Gasteiger charge is -2.26. The summed E-state index contributed by atoms with van der Waals surface area (Å²) in [5.41, 5.74) is 3.63. The van der Waals surface area contributed by atoms with Gasteiger partial charge in [0.25, 0.3) is 11.7 Å². The maximum absolute atomic E-state index is 13.5. The average molecular weight is 499 g/mol. The van der Waals surface area contributed by atoms with Crippen LogP contribution < -0.4 is 24.0 Å². The standard InChI is InChI=1S/C29H26N2O6/c1-30(2)20-8-5-17(6-9-20)26-25(27(32)19-7-11-22-18(14-19)4-3-13-35-22)28(33)29(34)31(26)21-10-12-23-24(15-21)37-16-36-23/h5-12,14-15,26,32H,3-4,13,16H2,1-2H3/b27-25-. The van der Waals surface area contributed by atoms with Crippen LogP contribution in [0.1, 0.15) is 29.2 Å². The highest BCUT2D eigenvalue weighted by molar-refractivity contribution is 6.51. The van der Waals surface area contributed by atoms with Crippen LogP contribution in [-0.2, 0) is 16.0 Å². The highest BCUT2D eigenvalue weighted by atomic mass is 16.7. The molecule has 0 aromatic heterocycles. The van der Waals surface area contributed by atoms with Gasteiger partial charge in [-0.05, 0) is 66.4 Å². The number of ether oxygens (including phenoxy) is 3. The van der Waals surface area contributed by atoms with E-state index in [4.69, 9.17) is 14.2 Å². The largest absolute Gasteiger partial charge is 0.507 e. The number of benzene rings is 3. The summed E-state index contributed by atoms with van der Waals surface area (Å²) in [5, 5.41) is 11.5. The fourth-order valence-electron chi connectivity index (χ4n) is 5.07. The Hall–Kier alpha value is -4.46. The lowest BCUT2D eigenvalue weighted by atomic mass is 9.93. The Labute approximate surface area is 214 Å². The summed E-state index contributed by atoms with van der Waals surface area (Å²) in [6, 6.07) is 17.2. The molecule has 1 amide bonds. The van der Waals surface area contributed by atoms with Gasteiger partial charge < -0.3 is 24.2 Å². The van der Waals surface area contributed by atoms with Gasteiger partial charge in [-0.2, -0.15) is 0 Å². The van der Waals surface area contributed by atoms with Crippen molar-refractivity contribution in [3.8, 4) is 17.2 Å². The van der Waals surface area contributed by atoms with Crippen molar-refractivity contribution in [2.24, 2.45) is 0 Å². The van der Waals surface area contributed by atoms with Gasteiger partial charge >= 0.3 is 0 Å². The number of carbonyl (C=O) groups is 2. The molecule has 0 saturated carbocycles. The third-order valence-electron chi connectivity index (χ3n) is 6.99. The van der Waals surface area contributed by atoms with Crippen LogP contribution in [0.3, 0.4) is 0 Å². The number of fused-ring (bicyclic) bond motifs is 2. The van der Waals surface area contributed by atoms with E-state index < -0.39 is 17.7 Å². The Bertz CT molecular complexity index is 1440. The molecular formula is C29H26N2O6. The summed E-state index contributed by atoms with van der Waals surface area (Å²) in [6.07, 6.45) is 1.70. The summed E-state index contributed by atoms with van der Waals surface area (Å²) in [5.74, 6) is 0.171. The van der Waals surface area contributed by atoms with Crippen LogP contribution in [-0.4, -0.2) is 44.3 Å². The van der Waals surface area contributed by atoms with Gasteiger partial charge in [0.2, 0.25) is 6.79 Å². The van der Waals surface area contributed by atoms with Crippen molar-refractivity contribution in [2.45, 2.75) is 18.9 Å². The number of rotatable bonds is 4. The maximum atomic E-state index is 13.5. The third-order valence-corrected chi connectivity index (χ3v) is 6.99. The minimum absolute atomic E-state index is 0.0388. The minimum atomic E-state index is -0.830. The molecule has 3 aromatic carbocycles. The van der Waals surface area contributed by atoms with Crippen molar-refractivity contribution in [3.63, 3.8) is 0 Å². The van der Waals surface area contributed by atoms with Gasteiger partial charge in [0.1, 0.15) is 11.5 Å². The summed E-state index contributed by atoms with van der Waals surface area (Å²) in [7, 11) is 3.88. The number of aliphatic hydroxyl groups is 1. The molecule has 3 heterocycles. The van der Waals surface area contributed by atoms with E-state index in [0.29, 0.717) is 34.9 Å². The molecular weight excluding hydrogens is 472 g/mol. The van der Waals surface area contributed by atoms with Crippen LogP contribution in [0.5, 0.6) is 17.2 Å². The number of aliphatic hydroxyl groups excluding tert-OH is 1. The van der Waals surface area contributed by atoms with Crippen LogP contribution in [0.4, 0.5) is 11.4 Å². The molecule has 37 heavy (non-hydrogen) atoms. The first-order valence-electron chi connectivity index (χ1n) is 12.2. The van der Waals surface area contributed by atoms with E-state index in [1.807, 2.05) is 49.3 Å². The molecule has 1 atom stereocenters. The average Bonchev–Trinajstić information content (AvgIpc) is 3.49. The van der Waals surface area contributed by atoms with E-state index in [1.54, 1.807) is 30.3 Å². The quantitative estimate of drug-likeness (QED) is 0.323. The second-order valence-electron chi connectivity index (χ2n) is 9.47. The first-order valence-corrected chi connectivity index (χ1v) is 12.2. The van der Waals surface area contributed by atoms with Crippen molar-refractivity contribution >= 4 is 28.8 Å². The number of anilines is 2. The van der Waals surface area contributed by atoms with Gasteiger partial charge in [0.05, 0.1) is 18.2 Å². The van der Waals surface area contributed by atoms with Crippen LogP contribution in [0.2, 0.25) is 0 Å². The fourth-order valence-corrected chi connectivity index (χ4v) is 5.07. The zero-order valence-corrected chi connectivity index (χ0v) is 20.6. The first kappa shape index (κ1) is 23.0. The molecule has 188 valence electrons. The van der Waals surface area contributed by atoms with Gasteiger partial charge in [-0.15, -0.1) is 0 Å². The Balaban J connectivity index is 1.51. The molecule has 0 radical (unpaired) electrons. The molecule has 3 aromatic rings. The van der Waals surface area contributed by atoms with Gasteiger partial charge in [0.15, 0.2) is 11.5 Å². The summed E-state index contributed by atoms with van der Waals surface area (Å²) in [4.78, 5) is 30.3. The van der Waals surface area contributed by atoms with Crippen molar-refractivity contribution in [1.29, 1.82) is 0 Å². The molecule has 1 fully saturated rings. The Kier molecular flexibility index (Phi) is 5.52. The molecule has 0 spiro atoms. The summed E-state index contributed by atoms with van der Waals surface area (Å²) in [6.45, 7) is 0.747. The number of amides is 1. The highest BCUT2D eigenvalue weighted by Crippen LogP contribution is 2.45. The number of Topliss-reactive ketones (excluding diaryl/α,β-unsaturated/α-hetero) is 1. The lowest BCUT2D eigenvalue weighted by Crippen LogP contribution is -2.29. The number of nitrogens with zero attached hydrogens (tertiary/aromatic N) is 2. The van der Waals surface area contributed by atoms with Crippen LogP contribution in [0.15, 0.2) is 66.2 Å². The molecule has 1 unspecified atom stereocenters. The fraction of sp³-hybridized carbons (Fsp3) is 0.241. The van der Waals surface area contributed by atoms with Crippen LogP contribution in [0.25, 0.3) is 5.76 Å². The van der Waals surface area contributed by atoms with E-state index >= 15 is 0 Å². The van der Waals surface area contributed by atoms with Crippen LogP contribution in [0, 0.1) is 0 Å². The molecule has 8 heteroatoms. The minimum Gasteiger partial charge on any atom is -0.507 e. The van der Waals surface area contributed by atoms with E-state index in [2.05, 4.69) is 0 Å². The smallest absolute Gasteiger partial charge is 0.300 e. The predicted molar refractivity (Wildman–Crippen MR) is 138 cm³/mol. The van der Waals surface area contributed by atoms with Gasteiger partial charge in [-0.1, -0.05) is 12.1 Å². The first-order chi connectivity index (χ1) is 17.9.